The van der Waals surface area contributed by atoms with Gasteiger partial charge in [0.2, 0.25) is 0 Å². The average molecular weight is 338 g/mol. The molecule has 3 rings (SSSR count). The number of aryl methyl sites for hydroxylation is 2. The molecule has 3 nitrogen and oxygen atoms in total. The summed E-state index contributed by atoms with van der Waals surface area (Å²) in [5, 5.41) is 3.49. The number of carbonyl (C=O) groups is 1. The predicted molar refractivity (Wildman–Crippen MR) is 102 cm³/mol. The minimum absolute atomic E-state index is 0.0745. The second-order valence-corrected chi connectivity index (χ2v) is 7.25. The summed E-state index contributed by atoms with van der Waals surface area (Å²) >= 11 is 1.40. The molecule has 24 heavy (non-hydrogen) atoms. The van der Waals surface area contributed by atoms with Crippen molar-refractivity contribution >= 4 is 28.5 Å². The monoisotopic (exact) mass is 338 g/mol. The molecule has 0 spiro atoms. The first-order valence-corrected chi connectivity index (χ1v) is 9.12. The number of benzene rings is 1. The predicted octanol–water partition coefficient (Wildman–Crippen LogP) is 4.95. The van der Waals surface area contributed by atoms with Gasteiger partial charge in [0.15, 0.2) is 5.17 Å². The zero-order chi connectivity index (χ0) is 17.1. The van der Waals surface area contributed by atoms with E-state index in [2.05, 4.69) is 55.4 Å². The van der Waals surface area contributed by atoms with Gasteiger partial charge in [0.1, 0.15) is 0 Å². The van der Waals surface area contributed by atoms with Crippen molar-refractivity contribution in [2.75, 3.05) is 0 Å². The number of rotatable bonds is 3. The summed E-state index contributed by atoms with van der Waals surface area (Å²) in [6.07, 6.45) is 10.7. The minimum Gasteiger partial charge on any atom is -0.300 e. The Morgan fingerprint density at radius 3 is 2.83 bits per heavy atom. The average Bonchev–Trinajstić information content (AvgIpc) is 2.91. The van der Waals surface area contributed by atoms with Gasteiger partial charge < -0.3 is 5.32 Å². The summed E-state index contributed by atoms with van der Waals surface area (Å²) in [5.74, 6) is 0.550. The molecule has 0 aromatic heterocycles. The van der Waals surface area contributed by atoms with E-state index in [-0.39, 0.29) is 5.91 Å². The Balaban J connectivity index is 1.75. The SMILES string of the molecule is CC[C@@H]1C=CC(/C=C2\SC(=Nc3ccc(C)c(C)c3)NC2=O)=CC1. The van der Waals surface area contributed by atoms with Crippen LogP contribution in [0.25, 0.3) is 0 Å². The van der Waals surface area contributed by atoms with Crippen LogP contribution in [-0.2, 0) is 4.79 Å². The number of aliphatic imine (C=N–C) groups is 1. The number of amidine groups is 1. The van der Waals surface area contributed by atoms with Gasteiger partial charge in [0.25, 0.3) is 5.91 Å². The lowest BCUT2D eigenvalue weighted by Crippen LogP contribution is -2.19. The van der Waals surface area contributed by atoms with E-state index in [0.29, 0.717) is 16.0 Å². The number of nitrogens with zero attached hydrogens (tertiary/aromatic N) is 1. The van der Waals surface area contributed by atoms with Crippen LogP contribution in [0.4, 0.5) is 5.69 Å². The molecule has 1 aromatic carbocycles. The first-order chi connectivity index (χ1) is 11.5. The lowest BCUT2D eigenvalue weighted by atomic mass is 9.94. The van der Waals surface area contributed by atoms with E-state index in [4.69, 9.17) is 0 Å². The number of hydrogen-bond acceptors (Lipinski definition) is 3. The molecule has 2 aliphatic rings. The second kappa shape index (κ2) is 7.22. The number of carbonyl (C=O) groups excluding carboxylic acids is 1. The van der Waals surface area contributed by atoms with Crippen molar-refractivity contribution in [3.63, 3.8) is 0 Å². The lowest BCUT2D eigenvalue weighted by molar-refractivity contribution is -0.115. The van der Waals surface area contributed by atoms with Crippen molar-refractivity contribution in [1.82, 2.24) is 5.32 Å². The van der Waals surface area contributed by atoms with Crippen LogP contribution < -0.4 is 5.32 Å². The van der Waals surface area contributed by atoms with Crippen molar-refractivity contribution in [3.8, 4) is 0 Å². The number of amides is 1. The van der Waals surface area contributed by atoms with Crippen molar-refractivity contribution in [2.45, 2.75) is 33.6 Å². The molecule has 1 aliphatic heterocycles. The number of hydrogen-bond donors (Lipinski definition) is 1. The molecule has 1 aromatic rings. The molecule has 1 saturated heterocycles. The highest BCUT2D eigenvalue weighted by atomic mass is 32.2. The maximum atomic E-state index is 12.2. The zero-order valence-electron chi connectivity index (χ0n) is 14.3. The van der Waals surface area contributed by atoms with Gasteiger partial charge in [0.05, 0.1) is 10.6 Å². The number of thioether (sulfide) groups is 1. The summed E-state index contributed by atoms with van der Waals surface area (Å²) in [6.45, 7) is 6.34. The van der Waals surface area contributed by atoms with Gasteiger partial charge in [-0.15, -0.1) is 0 Å². The molecular formula is C20H22N2OS. The van der Waals surface area contributed by atoms with E-state index >= 15 is 0 Å². The number of allylic oxidation sites excluding steroid dienone is 5. The third kappa shape index (κ3) is 3.88. The van der Waals surface area contributed by atoms with Crippen molar-refractivity contribution in [1.29, 1.82) is 0 Å². The van der Waals surface area contributed by atoms with Crippen molar-refractivity contribution in [2.24, 2.45) is 10.9 Å². The maximum absolute atomic E-state index is 12.2. The summed E-state index contributed by atoms with van der Waals surface area (Å²) < 4.78 is 0. The van der Waals surface area contributed by atoms with Crippen molar-refractivity contribution < 1.29 is 4.79 Å². The molecule has 1 fully saturated rings. The highest BCUT2D eigenvalue weighted by Gasteiger charge is 2.24. The summed E-state index contributed by atoms with van der Waals surface area (Å²) in [7, 11) is 0. The fourth-order valence-corrected chi connectivity index (χ4v) is 3.48. The van der Waals surface area contributed by atoms with E-state index in [1.54, 1.807) is 0 Å². The van der Waals surface area contributed by atoms with Crippen molar-refractivity contribution in [3.05, 3.63) is 64.1 Å². The summed E-state index contributed by atoms with van der Waals surface area (Å²) in [5.41, 5.74) is 4.41. The van der Waals surface area contributed by atoms with Gasteiger partial charge in [-0.3, -0.25) is 4.79 Å². The maximum Gasteiger partial charge on any atom is 0.264 e. The Morgan fingerprint density at radius 1 is 1.33 bits per heavy atom. The topological polar surface area (TPSA) is 41.5 Å². The van der Waals surface area contributed by atoms with Crippen LogP contribution in [-0.4, -0.2) is 11.1 Å². The molecule has 0 radical (unpaired) electrons. The molecule has 1 heterocycles. The van der Waals surface area contributed by atoms with E-state index in [1.807, 2.05) is 18.2 Å². The Kier molecular flexibility index (Phi) is 5.05. The van der Waals surface area contributed by atoms with Crippen LogP contribution in [0.2, 0.25) is 0 Å². The molecule has 124 valence electrons. The molecule has 0 saturated carbocycles. The Bertz CT molecular complexity index is 787. The molecule has 0 bridgehead atoms. The third-order valence-electron chi connectivity index (χ3n) is 4.41. The fraction of sp³-hybridized carbons (Fsp3) is 0.300. The number of nitrogens with one attached hydrogen (secondary N) is 1. The molecule has 1 atom stereocenters. The van der Waals surface area contributed by atoms with E-state index in [1.165, 1.54) is 22.9 Å². The smallest absolute Gasteiger partial charge is 0.264 e. The van der Waals surface area contributed by atoms with Gasteiger partial charge in [-0.1, -0.05) is 31.2 Å². The summed E-state index contributed by atoms with van der Waals surface area (Å²) in [6, 6.07) is 6.06. The van der Waals surface area contributed by atoms with Gasteiger partial charge in [-0.05, 0) is 79.3 Å². The standard InChI is InChI=1S/C20H22N2OS/c1-4-15-6-8-16(9-7-15)12-18-19(23)22-20(24-18)21-17-10-5-13(2)14(3)11-17/h5-6,8-12,15H,4,7H2,1-3H3,(H,21,22,23)/b18-12-/t15-/m1/s1. The Labute approximate surface area is 147 Å². The van der Waals surface area contributed by atoms with Gasteiger partial charge >= 0.3 is 0 Å². The quantitative estimate of drug-likeness (QED) is 0.792. The van der Waals surface area contributed by atoms with Crippen LogP contribution >= 0.6 is 11.8 Å². The Morgan fingerprint density at radius 2 is 2.17 bits per heavy atom. The largest absolute Gasteiger partial charge is 0.300 e. The van der Waals surface area contributed by atoms with Crippen LogP contribution in [0, 0.1) is 19.8 Å². The van der Waals surface area contributed by atoms with Gasteiger partial charge in [-0.2, -0.15) is 0 Å². The zero-order valence-corrected chi connectivity index (χ0v) is 15.1. The second-order valence-electron chi connectivity index (χ2n) is 6.22. The third-order valence-corrected chi connectivity index (χ3v) is 5.32. The van der Waals surface area contributed by atoms with Crippen LogP contribution in [0.15, 0.2) is 58.0 Å². The highest BCUT2D eigenvalue weighted by Crippen LogP contribution is 2.29. The van der Waals surface area contributed by atoms with Gasteiger partial charge in [-0.25, -0.2) is 4.99 Å². The molecule has 0 unspecified atom stereocenters. The normalized spacial score (nSPS) is 23.7. The van der Waals surface area contributed by atoms with E-state index in [0.717, 1.165) is 24.1 Å². The van der Waals surface area contributed by atoms with E-state index in [9.17, 15) is 4.79 Å². The van der Waals surface area contributed by atoms with Crippen LogP contribution in [0.5, 0.6) is 0 Å². The molecular weight excluding hydrogens is 316 g/mol. The summed E-state index contributed by atoms with van der Waals surface area (Å²) in [4.78, 5) is 17.4. The molecule has 1 N–H and O–H groups in total. The fourth-order valence-electron chi connectivity index (χ4n) is 2.64. The van der Waals surface area contributed by atoms with Crippen LogP contribution in [0.3, 0.4) is 0 Å². The molecule has 1 aliphatic carbocycles. The van der Waals surface area contributed by atoms with Gasteiger partial charge in [0, 0.05) is 0 Å². The first kappa shape index (κ1) is 16.8. The Hall–Kier alpha value is -2.07. The highest BCUT2D eigenvalue weighted by molar-refractivity contribution is 8.18. The van der Waals surface area contributed by atoms with Crippen LogP contribution in [0.1, 0.15) is 30.9 Å². The molecule has 1 amide bonds. The lowest BCUT2D eigenvalue weighted by Gasteiger charge is -2.12. The first-order valence-electron chi connectivity index (χ1n) is 8.30. The molecule has 4 heteroatoms. The minimum atomic E-state index is -0.0745. The van der Waals surface area contributed by atoms with E-state index < -0.39 is 0 Å².